The second-order valence-electron chi connectivity index (χ2n) is 6.07. The van der Waals surface area contributed by atoms with E-state index >= 15 is 0 Å². The Kier molecular flexibility index (Phi) is 4.75. The molecule has 0 aromatic heterocycles. The fourth-order valence-electron chi connectivity index (χ4n) is 3.14. The van der Waals surface area contributed by atoms with Gasteiger partial charge in [0.1, 0.15) is 0 Å². The average molecular weight is 318 g/mol. The number of aliphatic carboxylic acids is 1. The van der Waals surface area contributed by atoms with Gasteiger partial charge in [-0.25, -0.2) is 13.2 Å². The van der Waals surface area contributed by atoms with E-state index in [9.17, 15) is 23.1 Å². The van der Waals surface area contributed by atoms with E-state index < -0.39 is 27.3 Å². The van der Waals surface area contributed by atoms with Crippen LogP contribution in [0.4, 0.5) is 4.79 Å². The Hall–Kier alpha value is -1.31. The summed E-state index contributed by atoms with van der Waals surface area (Å²) in [6.07, 6.45) is 4.04. The minimum atomic E-state index is -3.07. The number of sulfone groups is 1. The minimum absolute atomic E-state index is 0.0372. The number of carbonyl (C=O) groups is 2. The van der Waals surface area contributed by atoms with Crippen molar-refractivity contribution >= 4 is 21.8 Å². The zero-order valence-electron chi connectivity index (χ0n) is 11.9. The normalized spacial score (nSPS) is 27.0. The molecule has 1 aliphatic heterocycles. The first-order valence-electron chi connectivity index (χ1n) is 7.31. The van der Waals surface area contributed by atoms with Crippen LogP contribution in [0, 0.1) is 5.41 Å². The van der Waals surface area contributed by atoms with Crippen LogP contribution >= 0.6 is 0 Å². The fourth-order valence-corrected chi connectivity index (χ4v) is 4.78. The van der Waals surface area contributed by atoms with E-state index in [1.165, 1.54) is 0 Å². The van der Waals surface area contributed by atoms with Crippen molar-refractivity contribution in [2.45, 2.75) is 44.6 Å². The standard InChI is InChI=1S/C13H22N2O5S/c16-11(17)13(5-1-2-6-13)9-14-12(18)15-10-4-3-7-21(19,20)8-10/h10H,1-9H2,(H,16,17)(H2,14,15,18). The van der Waals surface area contributed by atoms with E-state index in [0.717, 1.165) is 12.8 Å². The molecular weight excluding hydrogens is 296 g/mol. The van der Waals surface area contributed by atoms with Crippen molar-refractivity contribution in [2.24, 2.45) is 5.41 Å². The van der Waals surface area contributed by atoms with Crippen LogP contribution in [-0.4, -0.2) is 49.6 Å². The number of urea groups is 1. The lowest BCUT2D eigenvalue weighted by atomic mass is 9.86. The summed E-state index contributed by atoms with van der Waals surface area (Å²) in [5.41, 5.74) is -0.865. The van der Waals surface area contributed by atoms with Crippen LogP contribution in [0.15, 0.2) is 0 Å². The van der Waals surface area contributed by atoms with E-state index in [-0.39, 0.29) is 24.1 Å². The summed E-state index contributed by atoms with van der Waals surface area (Å²) < 4.78 is 23.0. The fraction of sp³-hybridized carbons (Fsp3) is 0.846. The summed E-state index contributed by atoms with van der Waals surface area (Å²) in [4.78, 5) is 23.2. The molecule has 0 aromatic rings. The molecule has 1 saturated heterocycles. The molecule has 1 unspecified atom stereocenters. The molecule has 21 heavy (non-hydrogen) atoms. The molecule has 0 aromatic carbocycles. The Bertz CT molecular complexity index is 511. The summed E-state index contributed by atoms with van der Waals surface area (Å²) in [6.45, 7) is 0.0909. The lowest BCUT2D eigenvalue weighted by Gasteiger charge is -2.26. The van der Waals surface area contributed by atoms with Gasteiger partial charge in [0.05, 0.1) is 16.9 Å². The predicted octanol–water partition coefficient (Wildman–Crippen LogP) is 0.508. The number of carboxylic acids is 1. The monoisotopic (exact) mass is 318 g/mol. The van der Waals surface area contributed by atoms with Gasteiger partial charge in [-0.05, 0) is 25.7 Å². The van der Waals surface area contributed by atoms with Crippen molar-refractivity contribution in [1.82, 2.24) is 10.6 Å². The van der Waals surface area contributed by atoms with E-state index in [1.54, 1.807) is 0 Å². The summed E-state index contributed by atoms with van der Waals surface area (Å²) in [7, 11) is -3.07. The third-order valence-corrected chi connectivity index (χ3v) is 6.22. The zero-order chi connectivity index (χ0) is 15.5. The van der Waals surface area contributed by atoms with Crippen molar-refractivity contribution in [3.63, 3.8) is 0 Å². The van der Waals surface area contributed by atoms with Gasteiger partial charge < -0.3 is 15.7 Å². The summed E-state index contributed by atoms with van der Waals surface area (Å²) in [6, 6.07) is -0.863. The van der Waals surface area contributed by atoms with Crippen LogP contribution in [-0.2, 0) is 14.6 Å². The maximum Gasteiger partial charge on any atom is 0.315 e. The number of nitrogens with one attached hydrogen (secondary N) is 2. The summed E-state index contributed by atoms with van der Waals surface area (Å²) >= 11 is 0. The smallest absolute Gasteiger partial charge is 0.315 e. The largest absolute Gasteiger partial charge is 0.481 e. The van der Waals surface area contributed by atoms with Gasteiger partial charge in [0.2, 0.25) is 0 Å². The Morgan fingerprint density at radius 1 is 1.19 bits per heavy atom. The number of carbonyl (C=O) groups excluding carboxylic acids is 1. The highest BCUT2D eigenvalue weighted by Crippen LogP contribution is 2.37. The van der Waals surface area contributed by atoms with Crippen molar-refractivity contribution < 1.29 is 23.1 Å². The highest BCUT2D eigenvalue weighted by molar-refractivity contribution is 7.91. The minimum Gasteiger partial charge on any atom is -0.481 e. The van der Waals surface area contributed by atoms with Gasteiger partial charge in [-0.15, -0.1) is 0 Å². The molecule has 120 valence electrons. The quantitative estimate of drug-likeness (QED) is 0.699. The van der Waals surface area contributed by atoms with Crippen LogP contribution in [0.2, 0.25) is 0 Å². The second-order valence-corrected chi connectivity index (χ2v) is 8.30. The predicted molar refractivity (Wildman–Crippen MR) is 76.7 cm³/mol. The molecular formula is C13H22N2O5S. The van der Waals surface area contributed by atoms with Gasteiger partial charge in [0, 0.05) is 12.6 Å². The number of hydrogen-bond acceptors (Lipinski definition) is 4. The van der Waals surface area contributed by atoms with Crippen molar-refractivity contribution in [3.05, 3.63) is 0 Å². The molecule has 2 rings (SSSR count). The molecule has 7 nitrogen and oxygen atoms in total. The Morgan fingerprint density at radius 2 is 1.86 bits per heavy atom. The number of carboxylic acid groups (broad SMARTS) is 1. The third kappa shape index (κ3) is 4.09. The van der Waals surface area contributed by atoms with Gasteiger partial charge >= 0.3 is 12.0 Å². The molecule has 1 saturated carbocycles. The van der Waals surface area contributed by atoms with E-state index in [0.29, 0.717) is 25.7 Å². The zero-order valence-corrected chi connectivity index (χ0v) is 12.7. The second kappa shape index (κ2) is 6.21. The molecule has 2 fully saturated rings. The van der Waals surface area contributed by atoms with E-state index in [4.69, 9.17) is 0 Å². The molecule has 0 radical (unpaired) electrons. The maximum atomic E-state index is 11.8. The first-order valence-corrected chi connectivity index (χ1v) is 9.13. The van der Waals surface area contributed by atoms with Gasteiger partial charge in [-0.1, -0.05) is 12.8 Å². The van der Waals surface area contributed by atoms with Gasteiger partial charge in [0.25, 0.3) is 0 Å². The average Bonchev–Trinajstić information content (AvgIpc) is 2.85. The summed E-state index contributed by atoms with van der Waals surface area (Å²) in [5.74, 6) is -0.736. The van der Waals surface area contributed by atoms with Crippen molar-refractivity contribution in [2.75, 3.05) is 18.1 Å². The topological polar surface area (TPSA) is 113 Å². The van der Waals surface area contributed by atoms with Gasteiger partial charge in [-0.3, -0.25) is 4.79 Å². The van der Waals surface area contributed by atoms with Crippen LogP contribution in [0.25, 0.3) is 0 Å². The Labute approximate surface area is 124 Å². The summed E-state index contributed by atoms with van der Waals surface area (Å²) in [5, 5.41) is 14.5. The SMILES string of the molecule is O=C(NCC1(C(=O)O)CCCC1)NC1CCCS(=O)(=O)C1. The van der Waals surface area contributed by atoms with Crippen LogP contribution < -0.4 is 10.6 Å². The number of amides is 2. The number of hydrogen-bond donors (Lipinski definition) is 3. The highest BCUT2D eigenvalue weighted by atomic mass is 32.2. The van der Waals surface area contributed by atoms with E-state index in [1.807, 2.05) is 0 Å². The molecule has 1 atom stereocenters. The molecule has 3 N–H and O–H groups in total. The maximum absolute atomic E-state index is 11.8. The highest BCUT2D eigenvalue weighted by Gasteiger charge is 2.41. The Morgan fingerprint density at radius 3 is 2.43 bits per heavy atom. The molecule has 2 aliphatic rings. The lowest BCUT2D eigenvalue weighted by Crippen LogP contribution is -2.50. The van der Waals surface area contributed by atoms with Crippen LogP contribution in [0.1, 0.15) is 38.5 Å². The molecule has 2 amide bonds. The van der Waals surface area contributed by atoms with Crippen LogP contribution in [0.5, 0.6) is 0 Å². The molecule has 1 aliphatic carbocycles. The van der Waals surface area contributed by atoms with Crippen LogP contribution in [0.3, 0.4) is 0 Å². The third-order valence-electron chi connectivity index (χ3n) is 4.40. The molecule has 1 heterocycles. The first kappa shape index (κ1) is 16.1. The van der Waals surface area contributed by atoms with Crippen molar-refractivity contribution in [3.8, 4) is 0 Å². The molecule has 0 spiro atoms. The first-order chi connectivity index (χ1) is 9.83. The van der Waals surface area contributed by atoms with Crippen molar-refractivity contribution in [1.29, 1.82) is 0 Å². The lowest BCUT2D eigenvalue weighted by molar-refractivity contribution is -0.148. The Balaban J connectivity index is 1.83. The molecule has 8 heteroatoms. The number of rotatable bonds is 4. The van der Waals surface area contributed by atoms with E-state index in [2.05, 4.69) is 10.6 Å². The van der Waals surface area contributed by atoms with Gasteiger partial charge in [0.15, 0.2) is 9.84 Å². The van der Waals surface area contributed by atoms with Gasteiger partial charge in [-0.2, -0.15) is 0 Å². The molecule has 0 bridgehead atoms.